The summed E-state index contributed by atoms with van der Waals surface area (Å²) < 4.78 is 13.2. The van der Waals surface area contributed by atoms with Gasteiger partial charge in [-0.15, -0.1) is 0 Å². The lowest BCUT2D eigenvalue weighted by atomic mass is 10.0. The zero-order valence-electron chi connectivity index (χ0n) is 17.2. The highest BCUT2D eigenvalue weighted by atomic mass is 16.5. The number of hydrogen-bond donors (Lipinski definition) is 1. The summed E-state index contributed by atoms with van der Waals surface area (Å²) in [4.78, 5) is 17.5. The van der Waals surface area contributed by atoms with Gasteiger partial charge in [0.1, 0.15) is 5.82 Å². The monoisotopic (exact) mass is 393 g/mol. The first-order chi connectivity index (χ1) is 14.1. The first kappa shape index (κ1) is 19.3. The molecule has 2 heterocycles. The number of amides is 1. The van der Waals surface area contributed by atoms with Crippen LogP contribution in [0.4, 0.5) is 0 Å². The third-order valence-corrected chi connectivity index (χ3v) is 5.45. The van der Waals surface area contributed by atoms with Gasteiger partial charge in [0.25, 0.3) is 5.91 Å². The quantitative estimate of drug-likeness (QED) is 0.689. The van der Waals surface area contributed by atoms with E-state index in [1.807, 2.05) is 43.3 Å². The van der Waals surface area contributed by atoms with Crippen molar-refractivity contribution in [1.29, 1.82) is 0 Å². The SMILES string of the molecule is CCOc1cc(CNC(=O)c2ccc3c(c2)nc2n3CC[C@H](C)C2)ccc1OC. The van der Waals surface area contributed by atoms with Crippen LogP contribution in [0.1, 0.15) is 42.0 Å². The van der Waals surface area contributed by atoms with Gasteiger partial charge in [-0.25, -0.2) is 4.98 Å². The van der Waals surface area contributed by atoms with E-state index in [1.54, 1.807) is 7.11 Å². The fourth-order valence-corrected chi connectivity index (χ4v) is 3.87. The number of rotatable bonds is 6. The molecule has 1 aliphatic heterocycles. The van der Waals surface area contributed by atoms with Crippen LogP contribution in [0.3, 0.4) is 0 Å². The minimum Gasteiger partial charge on any atom is -0.493 e. The van der Waals surface area contributed by atoms with E-state index in [1.165, 1.54) is 6.42 Å². The van der Waals surface area contributed by atoms with Gasteiger partial charge in [0, 0.05) is 25.1 Å². The molecule has 1 amide bonds. The second-order valence-electron chi connectivity index (χ2n) is 7.58. The normalized spacial score (nSPS) is 15.8. The van der Waals surface area contributed by atoms with Gasteiger partial charge in [-0.2, -0.15) is 0 Å². The van der Waals surface area contributed by atoms with Crippen LogP contribution in [0, 0.1) is 5.92 Å². The number of carbonyl (C=O) groups is 1. The van der Waals surface area contributed by atoms with Crippen molar-refractivity contribution in [1.82, 2.24) is 14.9 Å². The number of imidazole rings is 1. The molecule has 3 aromatic rings. The maximum absolute atomic E-state index is 12.7. The topological polar surface area (TPSA) is 65.4 Å². The highest BCUT2D eigenvalue weighted by Gasteiger charge is 2.20. The summed E-state index contributed by atoms with van der Waals surface area (Å²) in [5, 5.41) is 2.99. The molecule has 0 unspecified atom stereocenters. The molecule has 0 spiro atoms. The lowest BCUT2D eigenvalue weighted by molar-refractivity contribution is 0.0951. The van der Waals surface area contributed by atoms with E-state index < -0.39 is 0 Å². The van der Waals surface area contributed by atoms with E-state index in [0.29, 0.717) is 36.1 Å². The smallest absolute Gasteiger partial charge is 0.251 e. The molecule has 29 heavy (non-hydrogen) atoms. The van der Waals surface area contributed by atoms with E-state index in [9.17, 15) is 4.79 Å². The first-order valence-electron chi connectivity index (χ1n) is 10.2. The van der Waals surface area contributed by atoms with Crippen molar-refractivity contribution in [3.63, 3.8) is 0 Å². The molecule has 0 bridgehead atoms. The zero-order valence-corrected chi connectivity index (χ0v) is 17.2. The molecule has 0 fully saturated rings. The Balaban J connectivity index is 1.49. The zero-order chi connectivity index (χ0) is 20.4. The van der Waals surface area contributed by atoms with Gasteiger partial charge in [0.05, 0.1) is 24.8 Å². The Kier molecular flexibility index (Phi) is 5.43. The molecular weight excluding hydrogens is 366 g/mol. The average molecular weight is 393 g/mol. The summed E-state index contributed by atoms with van der Waals surface area (Å²) >= 11 is 0. The summed E-state index contributed by atoms with van der Waals surface area (Å²) in [5.41, 5.74) is 3.58. The van der Waals surface area contributed by atoms with Crippen molar-refractivity contribution < 1.29 is 14.3 Å². The molecule has 1 aromatic heterocycles. The van der Waals surface area contributed by atoms with Crippen LogP contribution in [0.25, 0.3) is 11.0 Å². The van der Waals surface area contributed by atoms with Crippen LogP contribution in [0.15, 0.2) is 36.4 Å². The Morgan fingerprint density at radius 2 is 2.10 bits per heavy atom. The molecule has 2 aromatic carbocycles. The van der Waals surface area contributed by atoms with Crippen molar-refractivity contribution in [3.05, 3.63) is 53.3 Å². The minimum atomic E-state index is -0.111. The van der Waals surface area contributed by atoms with Crippen LogP contribution in [0.2, 0.25) is 0 Å². The highest BCUT2D eigenvalue weighted by molar-refractivity contribution is 5.97. The molecular formula is C23H27N3O3. The fourth-order valence-electron chi connectivity index (χ4n) is 3.87. The number of hydrogen-bond acceptors (Lipinski definition) is 4. The van der Waals surface area contributed by atoms with E-state index >= 15 is 0 Å². The lowest BCUT2D eigenvalue weighted by Gasteiger charge is -2.20. The maximum atomic E-state index is 12.7. The Morgan fingerprint density at radius 1 is 1.24 bits per heavy atom. The number of fused-ring (bicyclic) bond motifs is 3. The van der Waals surface area contributed by atoms with Crippen molar-refractivity contribution in [2.45, 2.75) is 39.8 Å². The van der Waals surface area contributed by atoms with Crippen LogP contribution >= 0.6 is 0 Å². The van der Waals surface area contributed by atoms with Gasteiger partial charge >= 0.3 is 0 Å². The van der Waals surface area contributed by atoms with Gasteiger partial charge in [0.2, 0.25) is 0 Å². The Bertz CT molecular complexity index is 1040. The van der Waals surface area contributed by atoms with Gasteiger partial charge < -0.3 is 19.4 Å². The van der Waals surface area contributed by atoms with Crippen LogP contribution in [-0.2, 0) is 19.5 Å². The summed E-state index contributed by atoms with van der Waals surface area (Å²) in [7, 11) is 1.61. The second-order valence-corrected chi connectivity index (χ2v) is 7.58. The molecule has 0 aliphatic carbocycles. The number of aromatic nitrogens is 2. The summed E-state index contributed by atoms with van der Waals surface area (Å²) in [6.07, 6.45) is 2.17. The second kappa shape index (κ2) is 8.15. The summed E-state index contributed by atoms with van der Waals surface area (Å²) in [5.74, 6) is 3.04. The lowest BCUT2D eigenvalue weighted by Crippen LogP contribution is -2.22. The van der Waals surface area contributed by atoms with Crippen molar-refractivity contribution in [2.24, 2.45) is 5.92 Å². The van der Waals surface area contributed by atoms with E-state index in [-0.39, 0.29) is 5.91 Å². The first-order valence-corrected chi connectivity index (χ1v) is 10.2. The third-order valence-electron chi connectivity index (χ3n) is 5.45. The minimum absolute atomic E-state index is 0.111. The van der Waals surface area contributed by atoms with Crippen molar-refractivity contribution in [3.8, 4) is 11.5 Å². The average Bonchev–Trinajstić information content (AvgIpc) is 3.09. The standard InChI is InChI=1S/C23H27N3O3/c1-4-29-21-12-16(5-8-20(21)28-3)14-24-23(27)17-6-7-19-18(13-17)25-22-11-15(2)9-10-26(19)22/h5-8,12-13,15H,4,9-11,14H2,1-3H3,(H,24,27)/t15-/m0/s1. The highest BCUT2D eigenvalue weighted by Crippen LogP contribution is 2.28. The number of benzene rings is 2. The largest absolute Gasteiger partial charge is 0.493 e. The van der Waals surface area contributed by atoms with Crippen LogP contribution in [-0.4, -0.2) is 29.2 Å². The molecule has 6 heteroatoms. The third kappa shape index (κ3) is 3.92. The number of ether oxygens (including phenoxy) is 2. The number of aryl methyl sites for hydroxylation is 1. The van der Waals surface area contributed by atoms with E-state index in [4.69, 9.17) is 14.5 Å². The molecule has 4 rings (SSSR count). The summed E-state index contributed by atoms with van der Waals surface area (Å²) in [6.45, 7) is 6.16. The van der Waals surface area contributed by atoms with E-state index in [0.717, 1.165) is 35.4 Å². The molecule has 1 aliphatic rings. The number of nitrogens with zero attached hydrogens (tertiary/aromatic N) is 2. The van der Waals surface area contributed by atoms with Crippen molar-refractivity contribution >= 4 is 16.9 Å². The number of methoxy groups -OCH3 is 1. The molecule has 0 radical (unpaired) electrons. The van der Waals surface area contributed by atoms with Crippen molar-refractivity contribution in [2.75, 3.05) is 13.7 Å². The molecule has 0 saturated carbocycles. The molecule has 1 N–H and O–H groups in total. The Labute approximate surface area is 170 Å². The Morgan fingerprint density at radius 3 is 2.90 bits per heavy atom. The molecule has 1 atom stereocenters. The van der Waals surface area contributed by atoms with Gasteiger partial charge in [-0.1, -0.05) is 13.0 Å². The molecule has 0 saturated heterocycles. The molecule has 152 valence electrons. The van der Waals surface area contributed by atoms with E-state index in [2.05, 4.69) is 16.8 Å². The summed E-state index contributed by atoms with van der Waals surface area (Å²) in [6, 6.07) is 11.5. The fraction of sp³-hybridized carbons (Fsp3) is 0.391. The predicted octanol–water partition coefficient (Wildman–Crippen LogP) is 3.96. The van der Waals surface area contributed by atoms with Crippen LogP contribution < -0.4 is 14.8 Å². The predicted molar refractivity (Wildman–Crippen MR) is 113 cm³/mol. The number of nitrogens with one attached hydrogen (secondary N) is 1. The van der Waals surface area contributed by atoms with Gasteiger partial charge in [0.15, 0.2) is 11.5 Å². The number of carbonyl (C=O) groups excluding carboxylic acids is 1. The maximum Gasteiger partial charge on any atom is 0.251 e. The molecule has 6 nitrogen and oxygen atoms in total. The van der Waals surface area contributed by atoms with Gasteiger partial charge in [-0.05, 0) is 55.2 Å². The van der Waals surface area contributed by atoms with Gasteiger partial charge in [-0.3, -0.25) is 4.79 Å². The Hall–Kier alpha value is -3.02. The van der Waals surface area contributed by atoms with Crippen LogP contribution in [0.5, 0.6) is 11.5 Å².